The van der Waals surface area contributed by atoms with E-state index in [0.717, 1.165) is 0 Å². The van der Waals surface area contributed by atoms with E-state index in [9.17, 15) is 26.7 Å². The molecule has 0 aromatic heterocycles. The third-order valence-electron chi connectivity index (χ3n) is 2.43. The molecule has 1 rings (SSSR count). The Kier molecular flexibility index (Phi) is 3.15. The standard InChI is InChI=1S/C8H11F5N2O/c1-6(2-3-14-4-6)15-5(16)7(9,10)8(11,12)13/h14H,2-4H2,1H3,(H,15,16). The quantitative estimate of drug-likeness (QED) is 0.715. The van der Waals surface area contributed by atoms with Gasteiger partial charge in [0.05, 0.1) is 5.54 Å². The van der Waals surface area contributed by atoms with Gasteiger partial charge in [-0.2, -0.15) is 22.0 Å². The van der Waals surface area contributed by atoms with Gasteiger partial charge in [-0.25, -0.2) is 0 Å². The summed E-state index contributed by atoms with van der Waals surface area (Å²) in [5.41, 5.74) is -1.05. The molecule has 8 heteroatoms. The first-order chi connectivity index (χ1) is 7.08. The summed E-state index contributed by atoms with van der Waals surface area (Å²) in [7, 11) is 0. The van der Waals surface area contributed by atoms with E-state index >= 15 is 0 Å². The van der Waals surface area contributed by atoms with Crippen LogP contribution in [-0.2, 0) is 4.79 Å². The van der Waals surface area contributed by atoms with Crippen LogP contribution in [0, 0.1) is 0 Å². The lowest BCUT2D eigenvalue weighted by molar-refractivity contribution is -0.270. The Morgan fingerprint density at radius 1 is 1.31 bits per heavy atom. The summed E-state index contributed by atoms with van der Waals surface area (Å²) in [5, 5.41) is 4.50. The second-order valence-electron chi connectivity index (χ2n) is 4.01. The normalized spacial score (nSPS) is 26.9. The Balaban J connectivity index is 2.72. The number of rotatable bonds is 2. The van der Waals surface area contributed by atoms with Crippen LogP contribution in [0.1, 0.15) is 13.3 Å². The molecule has 3 nitrogen and oxygen atoms in total. The van der Waals surface area contributed by atoms with E-state index in [1.165, 1.54) is 6.92 Å². The molecule has 94 valence electrons. The largest absolute Gasteiger partial charge is 0.463 e. The molecule has 1 unspecified atom stereocenters. The van der Waals surface area contributed by atoms with Crippen molar-refractivity contribution in [3.8, 4) is 0 Å². The van der Waals surface area contributed by atoms with Crippen LogP contribution in [0.15, 0.2) is 0 Å². The molecule has 0 aromatic carbocycles. The fourth-order valence-electron chi connectivity index (χ4n) is 1.40. The highest BCUT2D eigenvalue weighted by molar-refractivity contribution is 5.85. The van der Waals surface area contributed by atoms with E-state index in [2.05, 4.69) is 5.32 Å². The van der Waals surface area contributed by atoms with E-state index in [1.54, 1.807) is 5.32 Å². The van der Waals surface area contributed by atoms with Gasteiger partial charge in [-0.1, -0.05) is 0 Å². The molecule has 1 atom stereocenters. The van der Waals surface area contributed by atoms with Gasteiger partial charge < -0.3 is 10.6 Å². The van der Waals surface area contributed by atoms with Crippen molar-refractivity contribution in [3.05, 3.63) is 0 Å². The van der Waals surface area contributed by atoms with Crippen molar-refractivity contribution in [3.63, 3.8) is 0 Å². The summed E-state index contributed by atoms with van der Waals surface area (Å²) >= 11 is 0. The lowest BCUT2D eigenvalue weighted by Crippen LogP contribution is -2.57. The maximum absolute atomic E-state index is 12.6. The predicted molar refractivity (Wildman–Crippen MR) is 45.0 cm³/mol. The topological polar surface area (TPSA) is 41.1 Å². The molecule has 0 aliphatic carbocycles. The molecule has 1 aliphatic rings. The van der Waals surface area contributed by atoms with E-state index < -0.39 is 23.5 Å². The van der Waals surface area contributed by atoms with Crippen LogP contribution in [0.4, 0.5) is 22.0 Å². The Bertz CT molecular complexity index is 283. The molecule has 2 N–H and O–H groups in total. The second kappa shape index (κ2) is 3.83. The van der Waals surface area contributed by atoms with Crippen molar-refractivity contribution in [2.45, 2.75) is 31.0 Å². The summed E-state index contributed by atoms with van der Waals surface area (Å²) in [4.78, 5) is 10.9. The maximum atomic E-state index is 12.6. The first-order valence-corrected chi connectivity index (χ1v) is 4.56. The average Bonchev–Trinajstić information content (AvgIpc) is 2.49. The van der Waals surface area contributed by atoms with Gasteiger partial charge in [-0.05, 0) is 19.9 Å². The molecule has 1 amide bonds. The Labute approximate surface area is 88.4 Å². The molecular formula is C8H11F5N2O. The van der Waals surface area contributed by atoms with Gasteiger partial charge in [0.25, 0.3) is 0 Å². The number of carbonyl (C=O) groups is 1. The van der Waals surface area contributed by atoms with Gasteiger partial charge in [0.15, 0.2) is 0 Å². The zero-order chi connectivity index (χ0) is 12.6. The van der Waals surface area contributed by atoms with Crippen molar-refractivity contribution >= 4 is 5.91 Å². The summed E-state index contributed by atoms with van der Waals surface area (Å²) in [5.74, 6) is -7.65. The van der Waals surface area contributed by atoms with Crippen molar-refractivity contribution in [1.82, 2.24) is 10.6 Å². The molecule has 0 spiro atoms. The van der Waals surface area contributed by atoms with E-state index in [-0.39, 0.29) is 6.54 Å². The summed E-state index contributed by atoms with van der Waals surface area (Å²) in [6.45, 7) is 2.05. The lowest BCUT2D eigenvalue weighted by Gasteiger charge is -2.28. The predicted octanol–water partition coefficient (Wildman–Crippen LogP) is 1.05. The molecule has 16 heavy (non-hydrogen) atoms. The minimum Gasteiger partial charge on any atom is -0.344 e. The van der Waals surface area contributed by atoms with Crippen LogP contribution < -0.4 is 10.6 Å². The van der Waals surface area contributed by atoms with E-state index in [4.69, 9.17) is 0 Å². The molecule has 1 heterocycles. The average molecular weight is 246 g/mol. The Hall–Kier alpha value is -0.920. The van der Waals surface area contributed by atoms with Gasteiger partial charge >= 0.3 is 18.0 Å². The van der Waals surface area contributed by atoms with Crippen LogP contribution in [0.2, 0.25) is 0 Å². The fourth-order valence-corrected chi connectivity index (χ4v) is 1.40. The van der Waals surface area contributed by atoms with Gasteiger partial charge in [0.2, 0.25) is 0 Å². The van der Waals surface area contributed by atoms with Crippen LogP contribution in [0.25, 0.3) is 0 Å². The van der Waals surface area contributed by atoms with Crippen molar-refractivity contribution in [2.24, 2.45) is 0 Å². The third kappa shape index (κ3) is 2.42. The number of amides is 1. The highest BCUT2D eigenvalue weighted by Crippen LogP contribution is 2.36. The smallest absolute Gasteiger partial charge is 0.344 e. The Morgan fingerprint density at radius 2 is 1.88 bits per heavy atom. The zero-order valence-electron chi connectivity index (χ0n) is 8.42. The molecule has 1 saturated heterocycles. The van der Waals surface area contributed by atoms with Crippen LogP contribution in [-0.4, -0.2) is 36.6 Å². The summed E-state index contributed by atoms with van der Waals surface area (Å²) < 4.78 is 60.7. The van der Waals surface area contributed by atoms with Gasteiger partial charge in [-0.3, -0.25) is 4.79 Å². The minimum absolute atomic E-state index is 0.173. The van der Waals surface area contributed by atoms with Crippen molar-refractivity contribution < 1.29 is 26.7 Å². The first kappa shape index (κ1) is 13.1. The molecule has 0 aromatic rings. The lowest BCUT2D eigenvalue weighted by atomic mass is 10.0. The monoisotopic (exact) mass is 246 g/mol. The third-order valence-corrected chi connectivity index (χ3v) is 2.43. The van der Waals surface area contributed by atoms with Gasteiger partial charge in [-0.15, -0.1) is 0 Å². The van der Waals surface area contributed by atoms with Gasteiger partial charge in [0, 0.05) is 6.54 Å². The molecule has 0 radical (unpaired) electrons. The second-order valence-corrected chi connectivity index (χ2v) is 4.01. The molecule has 0 saturated carbocycles. The Morgan fingerprint density at radius 3 is 2.25 bits per heavy atom. The number of halogens is 5. The molecular weight excluding hydrogens is 235 g/mol. The van der Waals surface area contributed by atoms with Crippen LogP contribution in [0.5, 0.6) is 0 Å². The molecule has 1 aliphatic heterocycles. The summed E-state index contributed by atoms with van der Waals surface area (Å²) in [6.07, 6.45) is -5.55. The van der Waals surface area contributed by atoms with Crippen LogP contribution in [0.3, 0.4) is 0 Å². The summed E-state index contributed by atoms with van der Waals surface area (Å²) in [6, 6.07) is 0. The maximum Gasteiger partial charge on any atom is 0.463 e. The van der Waals surface area contributed by atoms with E-state index in [1.807, 2.05) is 0 Å². The zero-order valence-corrected chi connectivity index (χ0v) is 8.42. The van der Waals surface area contributed by atoms with Crippen LogP contribution >= 0.6 is 0 Å². The molecule has 1 fully saturated rings. The number of alkyl halides is 5. The highest BCUT2D eigenvalue weighted by Gasteiger charge is 2.64. The number of nitrogens with one attached hydrogen (secondary N) is 2. The minimum atomic E-state index is -5.86. The number of hydrogen-bond donors (Lipinski definition) is 2. The number of hydrogen-bond acceptors (Lipinski definition) is 2. The van der Waals surface area contributed by atoms with Crippen molar-refractivity contribution in [2.75, 3.05) is 13.1 Å². The fraction of sp³-hybridized carbons (Fsp3) is 0.875. The number of carbonyl (C=O) groups excluding carboxylic acids is 1. The molecule has 0 bridgehead atoms. The van der Waals surface area contributed by atoms with Gasteiger partial charge in [0.1, 0.15) is 0 Å². The van der Waals surface area contributed by atoms with E-state index in [0.29, 0.717) is 13.0 Å². The highest BCUT2D eigenvalue weighted by atomic mass is 19.4. The first-order valence-electron chi connectivity index (χ1n) is 4.56. The SMILES string of the molecule is CC1(NC(=O)C(F)(F)C(F)(F)F)CCNC1. The van der Waals surface area contributed by atoms with Crippen molar-refractivity contribution in [1.29, 1.82) is 0 Å².